The van der Waals surface area contributed by atoms with Crippen molar-refractivity contribution in [1.29, 1.82) is 0 Å². The van der Waals surface area contributed by atoms with Gasteiger partial charge in [-0.2, -0.15) is 0 Å². The molecule has 7 nitrogen and oxygen atoms in total. The molecule has 0 atom stereocenters. The number of hydrogen-bond donors (Lipinski definition) is 2. The molecule has 30 heavy (non-hydrogen) atoms. The van der Waals surface area contributed by atoms with Gasteiger partial charge in [0, 0.05) is 11.3 Å². The predicted octanol–water partition coefficient (Wildman–Crippen LogP) is 3.49. The first-order valence-corrected chi connectivity index (χ1v) is 10.1. The Hall–Kier alpha value is -3.52. The fourth-order valence-corrected chi connectivity index (χ4v) is 4.44. The molecule has 1 aromatic heterocycles. The third kappa shape index (κ3) is 4.23. The Kier molecular flexibility index (Phi) is 5.58. The highest BCUT2D eigenvalue weighted by Gasteiger charge is 2.22. The molecule has 3 N–H and O–H groups in total. The summed E-state index contributed by atoms with van der Waals surface area (Å²) in [5, 5.41) is 3.19. The van der Waals surface area contributed by atoms with Crippen LogP contribution in [-0.2, 0) is 11.2 Å². The van der Waals surface area contributed by atoms with Gasteiger partial charge in [-0.3, -0.25) is 9.59 Å². The summed E-state index contributed by atoms with van der Waals surface area (Å²) in [5.74, 6) is 1.06. The number of primary amides is 1. The minimum Gasteiger partial charge on any atom is -0.484 e. The molecule has 8 heteroatoms. The van der Waals surface area contributed by atoms with Gasteiger partial charge in [0.05, 0.1) is 5.56 Å². The van der Waals surface area contributed by atoms with Crippen molar-refractivity contribution >= 4 is 28.2 Å². The largest absolute Gasteiger partial charge is 0.484 e. The monoisotopic (exact) mass is 424 g/mol. The molecule has 0 unspecified atom stereocenters. The summed E-state index contributed by atoms with van der Waals surface area (Å²) in [5.41, 5.74) is 7.67. The van der Waals surface area contributed by atoms with Crippen LogP contribution in [0.3, 0.4) is 0 Å². The fourth-order valence-electron chi connectivity index (χ4n) is 3.18. The van der Waals surface area contributed by atoms with E-state index in [9.17, 15) is 9.59 Å². The number of nitrogens with two attached hydrogens (primary N) is 1. The summed E-state index contributed by atoms with van der Waals surface area (Å²) in [6, 6.07) is 14.8. The number of rotatable bonds is 7. The van der Waals surface area contributed by atoms with Gasteiger partial charge in [-0.15, -0.1) is 11.3 Å². The van der Waals surface area contributed by atoms with Crippen LogP contribution in [-0.4, -0.2) is 25.2 Å². The molecule has 0 fully saturated rings. The second kappa shape index (κ2) is 8.46. The molecule has 1 aliphatic rings. The Balaban J connectivity index is 1.50. The van der Waals surface area contributed by atoms with Crippen LogP contribution in [0.15, 0.2) is 48.5 Å². The second-order valence-electron chi connectivity index (χ2n) is 6.73. The van der Waals surface area contributed by atoms with E-state index >= 15 is 0 Å². The average molecular weight is 424 g/mol. The van der Waals surface area contributed by atoms with E-state index in [1.54, 1.807) is 12.1 Å². The second-order valence-corrected chi connectivity index (χ2v) is 7.84. The molecule has 3 aromatic rings. The van der Waals surface area contributed by atoms with Crippen molar-refractivity contribution in [2.24, 2.45) is 5.73 Å². The van der Waals surface area contributed by atoms with Gasteiger partial charge in [0.1, 0.15) is 10.8 Å². The van der Waals surface area contributed by atoms with Crippen molar-refractivity contribution in [3.8, 4) is 17.2 Å². The zero-order valence-electron chi connectivity index (χ0n) is 16.3. The topological polar surface area (TPSA) is 99.9 Å². The number of nitrogens with one attached hydrogen (secondary N) is 1. The minimum atomic E-state index is -0.583. The molecule has 0 spiro atoms. The Bertz CT molecular complexity index is 1090. The maximum absolute atomic E-state index is 12.4. The van der Waals surface area contributed by atoms with E-state index in [1.807, 2.05) is 43.3 Å². The van der Waals surface area contributed by atoms with Crippen LogP contribution < -0.4 is 25.3 Å². The number of fused-ring (bicyclic) bond motifs is 1. The van der Waals surface area contributed by atoms with E-state index in [-0.39, 0.29) is 19.3 Å². The molecule has 0 saturated carbocycles. The summed E-state index contributed by atoms with van der Waals surface area (Å²) in [7, 11) is 0. The quantitative estimate of drug-likeness (QED) is 0.605. The lowest BCUT2D eigenvalue weighted by Crippen LogP contribution is -2.22. The number of para-hydroxylation sites is 1. The molecule has 2 amide bonds. The molecule has 0 radical (unpaired) electrons. The molecular formula is C22H20N2O5S. The van der Waals surface area contributed by atoms with Crippen molar-refractivity contribution in [3.05, 3.63) is 70.1 Å². The van der Waals surface area contributed by atoms with Gasteiger partial charge in [0.25, 0.3) is 11.8 Å². The van der Waals surface area contributed by atoms with E-state index < -0.39 is 5.91 Å². The average Bonchev–Trinajstić information content (AvgIpc) is 3.31. The molecule has 154 valence electrons. The number of benzene rings is 2. The lowest BCUT2D eigenvalue weighted by molar-refractivity contribution is -0.118. The van der Waals surface area contributed by atoms with Gasteiger partial charge in [-0.05, 0) is 42.3 Å². The third-order valence-electron chi connectivity index (χ3n) is 4.66. The Morgan fingerprint density at radius 3 is 2.67 bits per heavy atom. The van der Waals surface area contributed by atoms with Crippen LogP contribution >= 0.6 is 11.3 Å². The summed E-state index contributed by atoms with van der Waals surface area (Å²) < 4.78 is 16.2. The number of ether oxygens (including phenoxy) is 3. The smallest absolute Gasteiger partial charge is 0.262 e. The van der Waals surface area contributed by atoms with Crippen LogP contribution in [0.1, 0.15) is 26.4 Å². The summed E-state index contributed by atoms with van der Waals surface area (Å²) in [6.07, 6.45) is 0.573. The molecule has 2 heterocycles. The van der Waals surface area contributed by atoms with E-state index in [0.29, 0.717) is 34.2 Å². The SMILES string of the molecule is Cc1c(Cc2ccc3c(c2)OCO3)sc(NC(=O)COc2ccccc2)c1C(N)=O. The van der Waals surface area contributed by atoms with Gasteiger partial charge in [-0.1, -0.05) is 24.3 Å². The normalized spacial score (nSPS) is 11.9. The van der Waals surface area contributed by atoms with Crippen molar-refractivity contribution < 1.29 is 23.8 Å². The highest BCUT2D eigenvalue weighted by atomic mass is 32.1. The molecular weight excluding hydrogens is 404 g/mol. The zero-order valence-corrected chi connectivity index (χ0v) is 17.1. The first kappa shape index (κ1) is 19.8. The van der Waals surface area contributed by atoms with Crippen LogP contribution in [0.5, 0.6) is 17.2 Å². The number of anilines is 1. The Morgan fingerprint density at radius 2 is 1.90 bits per heavy atom. The summed E-state index contributed by atoms with van der Waals surface area (Å²) >= 11 is 1.33. The van der Waals surface area contributed by atoms with Crippen LogP contribution in [0, 0.1) is 6.92 Å². The van der Waals surface area contributed by atoms with Gasteiger partial charge in [0.2, 0.25) is 6.79 Å². The van der Waals surface area contributed by atoms with Gasteiger partial charge in [0.15, 0.2) is 18.1 Å². The highest BCUT2D eigenvalue weighted by Crippen LogP contribution is 2.37. The van der Waals surface area contributed by atoms with Crippen LogP contribution in [0.25, 0.3) is 0 Å². The van der Waals surface area contributed by atoms with Crippen LogP contribution in [0.4, 0.5) is 5.00 Å². The molecule has 1 aliphatic heterocycles. The number of carbonyl (C=O) groups is 2. The first-order valence-electron chi connectivity index (χ1n) is 9.29. The predicted molar refractivity (Wildman–Crippen MR) is 114 cm³/mol. The lowest BCUT2D eigenvalue weighted by atomic mass is 10.1. The van der Waals surface area contributed by atoms with Crippen molar-refractivity contribution in [3.63, 3.8) is 0 Å². The standard InChI is InChI=1S/C22H20N2O5S/c1-13-18(10-14-7-8-16-17(9-14)29-12-28-16)30-22(20(13)21(23)26)24-19(25)11-27-15-5-3-2-4-6-15/h2-9H,10-12H2,1H3,(H2,23,26)(H,24,25). The van der Waals surface area contributed by atoms with Crippen LogP contribution in [0.2, 0.25) is 0 Å². The molecule has 0 bridgehead atoms. The van der Waals surface area contributed by atoms with Crippen molar-refractivity contribution in [2.45, 2.75) is 13.3 Å². The molecule has 4 rings (SSSR count). The van der Waals surface area contributed by atoms with E-state index in [4.69, 9.17) is 19.9 Å². The number of carbonyl (C=O) groups excluding carboxylic acids is 2. The van der Waals surface area contributed by atoms with E-state index in [1.165, 1.54) is 11.3 Å². The number of amides is 2. The maximum Gasteiger partial charge on any atom is 0.262 e. The highest BCUT2D eigenvalue weighted by molar-refractivity contribution is 7.17. The molecule has 0 aliphatic carbocycles. The van der Waals surface area contributed by atoms with E-state index in [0.717, 1.165) is 16.0 Å². The lowest BCUT2D eigenvalue weighted by Gasteiger charge is -2.07. The first-order chi connectivity index (χ1) is 14.5. The Labute approximate surface area is 177 Å². The fraction of sp³-hybridized carbons (Fsp3) is 0.182. The van der Waals surface area contributed by atoms with Gasteiger partial charge in [-0.25, -0.2) is 0 Å². The summed E-state index contributed by atoms with van der Waals surface area (Å²) in [4.78, 5) is 25.3. The number of hydrogen-bond acceptors (Lipinski definition) is 6. The number of thiophene rings is 1. The van der Waals surface area contributed by atoms with E-state index in [2.05, 4.69) is 5.32 Å². The third-order valence-corrected chi connectivity index (χ3v) is 5.87. The van der Waals surface area contributed by atoms with Crippen molar-refractivity contribution in [2.75, 3.05) is 18.7 Å². The summed E-state index contributed by atoms with van der Waals surface area (Å²) in [6.45, 7) is 1.87. The van der Waals surface area contributed by atoms with Gasteiger partial charge >= 0.3 is 0 Å². The minimum absolute atomic E-state index is 0.170. The molecule has 2 aromatic carbocycles. The Morgan fingerprint density at radius 1 is 1.13 bits per heavy atom. The molecule has 0 saturated heterocycles. The van der Waals surface area contributed by atoms with Crippen molar-refractivity contribution in [1.82, 2.24) is 0 Å². The maximum atomic E-state index is 12.4. The zero-order chi connectivity index (χ0) is 21.1. The van der Waals surface area contributed by atoms with Gasteiger partial charge < -0.3 is 25.3 Å².